The Kier molecular flexibility index (Phi) is 6.38. The van der Waals surface area contributed by atoms with E-state index in [1.165, 1.54) is 0 Å². The Balaban J connectivity index is 1.62. The highest BCUT2D eigenvalue weighted by atomic mass is 16.5. The molecule has 0 radical (unpaired) electrons. The molecule has 0 bridgehead atoms. The maximum atomic E-state index is 6.99. The van der Waals surface area contributed by atoms with Crippen LogP contribution in [0.15, 0.2) is 84.1 Å². The van der Waals surface area contributed by atoms with Gasteiger partial charge in [-0.2, -0.15) is 11.5 Å². The maximum Gasteiger partial charge on any atom is 0.266 e. The predicted molar refractivity (Wildman–Crippen MR) is 107 cm³/mol. The molecule has 1 heterocycles. The fraction of sp³-hybridized carbons (Fsp3) is 0.0952. The minimum Gasteiger partial charge on any atom is -0.491 e. The van der Waals surface area contributed by atoms with Crippen molar-refractivity contribution in [3.8, 4) is 16.9 Å². The van der Waals surface area contributed by atoms with Crippen molar-refractivity contribution in [2.75, 3.05) is 18.5 Å². The van der Waals surface area contributed by atoms with Gasteiger partial charge in [-0.25, -0.2) is 4.99 Å². The SMILES string of the molecule is [C-]#[N+]NC(=NCCOc1ccccc1-c1ccccc1)Nc1ccncc1. The van der Waals surface area contributed by atoms with E-state index in [4.69, 9.17) is 11.3 Å². The quantitative estimate of drug-likeness (QED) is 0.230. The van der Waals surface area contributed by atoms with Crippen molar-refractivity contribution in [2.24, 2.45) is 4.99 Å². The van der Waals surface area contributed by atoms with E-state index in [1.807, 2.05) is 42.5 Å². The third-order valence-electron chi connectivity index (χ3n) is 3.70. The normalized spacial score (nSPS) is 10.7. The Hall–Kier alpha value is -3.85. The number of hydrogen-bond donors (Lipinski definition) is 2. The zero-order chi connectivity index (χ0) is 18.7. The van der Waals surface area contributed by atoms with Crippen LogP contribution in [0.25, 0.3) is 16.1 Å². The number of guanidine groups is 1. The van der Waals surface area contributed by atoms with Crippen LogP contribution in [-0.2, 0) is 0 Å². The van der Waals surface area contributed by atoms with Crippen LogP contribution in [-0.4, -0.2) is 24.1 Å². The van der Waals surface area contributed by atoms with Crippen LogP contribution in [0.4, 0.5) is 5.69 Å². The molecule has 0 saturated carbocycles. The van der Waals surface area contributed by atoms with Gasteiger partial charge in [-0.05, 0) is 23.8 Å². The van der Waals surface area contributed by atoms with Crippen LogP contribution in [0.1, 0.15) is 0 Å². The molecule has 27 heavy (non-hydrogen) atoms. The van der Waals surface area contributed by atoms with Gasteiger partial charge in [-0.1, -0.05) is 54.0 Å². The van der Waals surface area contributed by atoms with Crippen LogP contribution in [0, 0.1) is 6.57 Å². The van der Waals surface area contributed by atoms with Crippen molar-refractivity contribution >= 4 is 11.6 Å². The van der Waals surface area contributed by atoms with Crippen molar-refractivity contribution in [1.82, 2.24) is 10.4 Å². The number of rotatable bonds is 6. The van der Waals surface area contributed by atoms with Gasteiger partial charge in [0.05, 0.1) is 6.54 Å². The summed E-state index contributed by atoms with van der Waals surface area (Å²) in [5, 5.41) is 3.05. The molecule has 1 aromatic heterocycles. The summed E-state index contributed by atoms with van der Waals surface area (Å²) >= 11 is 0. The molecule has 2 aromatic carbocycles. The van der Waals surface area contributed by atoms with E-state index < -0.39 is 0 Å². The third-order valence-corrected chi connectivity index (χ3v) is 3.70. The van der Waals surface area contributed by atoms with Gasteiger partial charge < -0.3 is 10.1 Å². The molecule has 0 atom stereocenters. The average molecular weight is 357 g/mol. The van der Waals surface area contributed by atoms with Gasteiger partial charge in [-0.15, -0.1) is 0 Å². The number of hydrogen-bond acceptors (Lipinski definition) is 3. The number of pyridine rings is 1. The average Bonchev–Trinajstić information content (AvgIpc) is 2.73. The second-order valence-corrected chi connectivity index (χ2v) is 5.53. The minimum absolute atomic E-state index is 0.371. The summed E-state index contributed by atoms with van der Waals surface area (Å²) in [6.45, 7) is 7.78. The zero-order valence-electron chi connectivity index (χ0n) is 14.7. The number of benzene rings is 2. The van der Waals surface area contributed by atoms with E-state index in [0.717, 1.165) is 22.6 Å². The van der Waals surface area contributed by atoms with Crippen molar-refractivity contribution < 1.29 is 4.74 Å². The van der Waals surface area contributed by atoms with Crippen molar-refractivity contribution in [3.63, 3.8) is 0 Å². The van der Waals surface area contributed by atoms with E-state index in [0.29, 0.717) is 19.1 Å². The second-order valence-electron chi connectivity index (χ2n) is 5.53. The molecular weight excluding hydrogens is 338 g/mol. The number of ether oxygens (including phenoxy) is 1. The summed E-state index contributed by atoms with van der Waals surface area (Å²) in [7, 11) is 0. The zero-order valence-corrected chi connectivity index (χ0v) is 14.7. The van der Waals surface area contributed by atoms with Crippen molar-refractivity contribution in [3.05, 3.63) is 90.6 Å². The molecule has 0 unspecified atom stereocenters. The van der Waals surface area contributed by atoms with Gasteiger partial charge >= 0.3 is 0 Å². The van der Waals surface area contributed by atoms with Crippen molar-refractivity contribution in [2.45, 2.75) is 0 Å². The largest absolute Gasteiger partial charge is 0.491 e. The molecule has 0 amide bonds. The maximum absolute atomic E-state index is 6.99. The Bertz CT molecular complexity index is 920. The Morgan fingerprint density at radius 1 is 1.00 bits per heavy atom. The first-order chi connectivity index (χ1) is 13.4. The molecule has 6 nitrogen and oxygen atoms in total. The summed E-state index contributed by atoms with van der Waals surface area (Å²) in [6, 6.07) is 21.6. The van der Waals surface area contributed by atoms with Gasteiger partial charge in [0.25, 0.3) is 5.96 Å². The van der Waals surface area contributed by atoms with E-state index in [1.54, 1.807) is 24.5 Å². The lowest BCUT2D eigenvalue weighted by molar-refractivity contribution is 0.330. The van der Waals surface area contributed by atoms with Gasteiger partial charge in [0.15, 0.2) is 0 Å². The number of anilines is 1. The minimum atomic E-state index is 0.371. The highest BCUT2D eigenvalue weighted by Crippen LogP contribution is 2.29. The summed E-state index contributed by atoms with van der Waals surface area (Å²) in [5.41, 5.74) is 5.46. The monoisotopic (exact) mass is 357 g/mol. The van der Waals surface area contributed by atoms with Crippen LogP contribution < -0.4 is 15.5 Å². The van der Waals surface area contributed by atoms with Crippen LogP contribution in [0.3, 0.4) is 0 Å². The first-order valence-electron chi connectivity index (χ1n) is 8.48. The fourth-order valence-electron chi connectivity index (χ4n) is 2.49. The van der Waals surface area contributed by atoms with Crippen LogP contribution in [0.5, 0.6) is 5.75 Å². The molecule has 0 fully saturated rings. The smallest absolute Gasteiger partial charge is 0.266 e. The summed E-state index contributed by atoms with van der Waals surface area (Å²) in [4.78, 5) is 11.5. The number of aliphatic imine (C=N–C) groups is 1. The summed E-state index contributed by atoms with van der Waals surface area (Å²) in [6.07, 6.45) is 3.34. The second kappa shape index (κ2) is 9.59. The standard InChI is InChI=1S/C21H19N5O/c1-22-26-21(25-18-11-13-23-14-12-18)24-15-16-27-20-10-6-5-9-19(20)17-7-3-2-4-8-17/h2-14H,15-16H2,(H2,23,24,25,26). The molecule has 3 aromatic rings. The molecule has 0 aliphatic carbocycles. The highest BCUT2D eigenvalue weighted by molar-refractivity contribution is 5.93. The van der Waals surface area contributed by atoms with Gasteiger partial charge in [0.1, 0.15) is 12.4 Å². The van der Waals surface area contributed by atoms with Gasteiger partial charge in [-0.3, -0.25) is 4.98 Å². The molecule has 6 heteroatoms. The predicted octanol–water partition coefficient (Wildman–Crippen LogP) is 4.02. The lowest BCUT2D eigenvalue weighted by Gasteiger charge is -2.11. The van der Waals surface area contributed by atoms with Gasteiger partial charge in [0.2, 0.25) is 0 Å². The summed E-state index contributed by atoms with van der Waals surface area (Å²) in [5.74, 6) is 1.18. The van der Waals surface area contributed by atoms with E-state index in [9.17, 15) is 0 Å². The van der Waals surface area contributed by atoms with E-state index >= 15 is 0 Å². The topological polar surface area (TPSA) is 62.9 Å². The Labute approximate surface area is 158 Å². The first kappa shape index (κ1) is 18.0. The molecule has 134 valence electrons. The van der Waals surface area contributed by atoms with Gasteiger partial charge in [0, 0.05) is 23.6 Å². The molecule has 2 N–H and O–H groups in total. The lowest BCUT2D eigenvalue weighted by atomic mass is 10.1. The highest BCUT2D eigenvalue weighted by Gasteiger charge is 2.06. The third kappa shape index (κ3) is 5.31. The van der Waals surface area contributed by atoms with Crippen LogP contribution in [0.2, 0.25) is 0 Å². The van der Waals surface area contributed by atoms with Crippen LogP contribution >= 0.6 is 0 Å². The Morgan fingerprint density at radius 2 is 1.74 bits per heavy atom. The van der Waals surface area contributed by atoms with Crippen molar-refractivity contribution in [1.29, 1.82) is 0 Å². The molecule has 3 rings (SSSR count). The molecule has 0 saturated heterocycles. The number of para-hydroxylation sites is 1. The van der Waals surface area contributed by atoms with E-state index in [-0.39, 0.29) is 0 Å². The molecule has 0 aliphatic rings. The lowest BCUT2D eigenvalue weighted by Crippen LogP contribution is -2.26. The summed E-state index contributed by atoms with van der Waals surface area (Å²) < 4.78 is 5.92. The molecule has 0 spiro atoms. The number of nitrogens with zero attached hydrogens (tertiary/aromatic N) is 3. The fourth-order valence-corrected chi connectivity index (χ4v) is 2.49. The molecule has 0 aliphatic heterocycles. The number of nitrogens with one attached hydrogen (secondary N) is 2. The first-order valence-corrected chi connectivity index (χ1v) is 8.48. The molecular formula is C21H19N5O. The Morgan fingerprint density at radius 3 is 2.52 bits per heavy atom. The van der Waals surface area contributed by atoms with E-state index in [2.05, 4.69) is 37.8 Å². The number of aromatic nitrogens is 1.